The highest BCUT2D eigenvalue weighted by atomic mass is 79.9. The largest absolute Gasteiger partial charge is 0.309 e. The monoisotopic (exact) mass is 326 g/mol. The molecule has 0 bridgehead atoms. The number of nitrogens with zero attached hydrogens (tertiary/aromatic N) is 5. The molecule has 2 aromatic rings. The van der Waals surface area contributed by atoms with E-state index in [9.17, 15) is 0 Å². The lowest BCUT2D eigenvalue weighted by Gasteiger charge is -2.04. The minimum atomic E-state index is 0.444. The second kappa shape index (κ2) is 5.83. The van der Waals surface area contributed by atoms with E-state index in [1.54, 1.807) is 0 Å². The van der Waals surface area contributed by atoms with Gasteiger partial charge in [-0.15, -0.1) is 5.10 Å². The second-order valence-corrected chi connectivity index (χ2v) is 5.71. The maximum Gasteiger partial charge on any atom is 0.0965 e. The van der Waals surface area contributed by atoms with E-state index in [-0.39, 0.29) is 0 Å². The number of hydrogen-bond donors (Lipinski definition) is 1. The second-order valence-electron chi connectivity index (χ2n) is 4.91. The van der Waals surface area contributed by atoms with Gasteiger partial charge in [0.15, 0.2) is 0 Å². The van der Waals surface area contributed by atoms with Crippen molar-refractivity contribution in [2.75, 3.05) is 0 Å². The molecule has 0 amide bonds. The van der Waals surface area contributed by atoms with Gasteiger partial charge in [-0.05, 0) is 22.9 Å². The molecule has 2 heterocycles. The Morgan fingerprint density at radius 1 is 1.42 bits per heavy atom. The maximum atomic E-state index is 4.37. The highest BCUT2D eigenvalue weighted by molar-refractivity contribution is 9.10. The van der Waals surface area contributed by atoms with Crippen LogP contribution in [-0.2, 0) is 20.1 Å². The Morgan fingerprint density at radius 3 is 2.74 bits per heavy atom. The van der Waals surface area contributed by atoms with Crippen LogP contribution in [0.2, 0.25) is 0 Å². The van der Waals surface area contributed by atoms with Crippen LogP contribution >= 0.6 is 15.9 Å². The molecule has 6 nitrogen and oxygen atoms in total. The van der Waals surface area contributed by atoms with Gasteiger partial charge in [0.2, 0.25) is 0 Å². The first-order valence-corrected chi connectivity index (χ1v) is 7.07. The Labute approximate surface area is 121 Å². The van der Waals surface area contributed by atoms with E-state index in [2.05, 4.69) is 50.5 Å². The van der Waals surface area contributed by atoms with Gasteiger partial charge in [-0.1, -0.05) is 19.1 Å². The first-order chi connectivity index (χ1) is 8.97. The molecule has 0 aliphatic heterocycles. The molecule has 0 radical (unpaired) electrons. The minimum absolute atomic E-state index is 0.444. The van der Waals surface area contributed by atoms with Gasteiger partial charge in [-0.2, -0.15) is 5.10 Å². The van der Waals surface area contributed by atoms with Crippen LogP contribution in [0.5, 0.6) is 0 Å². The van der Waals surface area contributed by atoms with Gasteiger partial charge in [0.25, 0.3) is 0 Å². The van der Waals surface area contributed by atoms with Gasteiger partial charge in [0, 0.05) is 19.6 Å². The van der Waals surface area contributed by atoms with E-state index in [1.165, 1.54) is 0 Å². The third-order valence-electron chi connectivity index (χ3n) is 2.85. The fourth-order valence-electron chi connectivity index (χ4n) is 1.81. The van der Waals surface area contributed by atoms with Crippen molar-refractivity contribution >= 4 is 15.9 Å². The first-order valence-electron chi connectivity index (χ1n) is 6.27. The molecule has 0 atom stereocenters. The zero-order valence-electron chi connectivity index (χ0n) is 11.7. The molecule has 2 rings (SSSR count). The van der Waals surface area contributed by atoms with Crippen LogP contribution in [0, 0.1) is 6.92 Å². The predicted octanol–water partition coefficient (Wildman–Crippen LogP) is 1.63. The Balaban J connectivity index is 2.07. The molecule has 104 valence electrons. The van der Waals surface area contributed by atoms with Crippen LogP contribution in [0.25, 0.3) is 0 Å². The molecule has 0 saturated carbocycles. The molecule has 0 unspecified atom stereocenters. The summed E-state index contributed by atoms with van der Waals surface area (Å²) in [6.45, 7) is 7.60. The van der Waals surface area contributed by atoms with E-state index < -0.39 is 0 Å². The van der Waals surface area contributed by atoms with Crippen molar-refractivity contribution in [3.63, 3.8) is 0 Å². The van der Waals surface area contributed by atoms with E-state index in [1.807, 2.05) is 29.5 Å². The van der Waals surface area contributed by atoms with Gasteiger partial charge in [-0.3, -0.25) is 4.68 Å². The molecule has 0 fully saturated rings. The van der Waals surface area contributed by atoms with Crippen LogP contribution in [0.15, 0.2) is 10.7 Å². The Morgan fingerprint density at radius 2 is 2.16 bits per heavy atom. The normalized spacial score (nSPS) is 11.5. The summed E-state index contributed by atoms with van der Waals surface area (Å²) in [5.41, 5.74) is 3.02. The summed E-state index contributed by atoms with van der Waals surface area (Å²) in [5.74, 6) is 0. The lowest BCUT2D eigenvalue weighted by molar-refractivity contribution is 0.580. The average Bonchev–Trinajstić information content (AvgIpc) is 2.88. The van der Waals surface area contributed by atoms with Crippen LogP contribution in [0.1, 0.15) is 30.9 Å². The van der Waals surface area contributed by atoms with Gasteiger partial charge < -0.3 is 5.32 Å². The highest BCUT2D eigenvalue weighted by Gasteiger charge is 2.12. The van der Waals surface area contributed by atoms with Gasteiger partial charge in [0.05, 0.1) is 34.3 Å². The number of halogens is 1. The van der Waals surface area contributed by atoms with Crippen LogP contribution < -0.4 is 5.32 Å². The maximum absolute atomic E-state index is 4.37. The average molecular weight is 327 g/mol. The SMILES string of the molecule is Cc1nn(C)c(Cn2cc(CNC(C)C)nn2)c1Br. The topological polar surface area (TPSA) is 60.6 Å². The summed E-state index contributed by atoms with van der Waals surface area (Å²) in [4.78, 5) is 0. The summed E-state index contributed by atoms with van der Waals surface area (Å²) in [6.07, 6.45) is 1.96. The number of aryl methyl sites for hydroxylation is 2. The van der Waals surface area contributed by atoms with Crippen molar-refractivity contribution in [3.8, 4) is 0 Å². The van der Waals surface area contributed by atoms with Gasteiger partial charge >= 0.3 is 0 Å². The molecular formula is C12H19BrN6. The third kappa shape index (κ3) is 3.42. The summed E-state index contributed by atoms with van der Waals surface area (Å²) in [7, 11) is 1.94. The zero-order valence-corrected chi connectivity index (χ0v) is 13.3. The molecule has 0 spiro atoms. The highest BCUT2D eigenvalue weighted by Crippen LogP contribution is 2.20. The molecule has 0 aliphatic carbocycles. The summed E-state index contributed by atoms with van der Waals surface area (Å²) >= 11 is 3.56. The van der Waals surface area contributed by atoms with Crippen molar-refractivity contribution in [3.05, 3.63) is 27.8 Å². The van der Waals surface area contributed by atoms with E-state index in [4.69, 9.17) is 0 Å². The number of aromatic nitrogens is 5. The fourth-order valence-corrected chi connectivity index (χ4v) is 2.27. The minimum Gasteiger partial charge on any atom is -0.309 e. The molecule has 2 aromatic heterocycles. The Bertz CT molecular complexity index is 557. The van der Waals surface area contributed by atoms with Crippen LogP contribution in [0.3, 0.4) is 0 Å². The standard InChI is InChI=1S/C12H19BrN6/c1-8(2)14-5-10-6-19(17-15-10)7-11-12(13)9(3)16-18(11)4/h6,8,14H,5,7H2,1-4H3. The zero-order chi connectivity index (χ0) is 14.0. The molecular weight excluding hydrogens is 308 g/mol. The lowest BCUT2D eigenvalue weighted by atomic mass is 10.3. The van der Waals surface area contributed by atoms with Crippen molar-refractivity contribution in [2.45, 2.75) is 39.9 Å². The molecule has 0 saturated heterocycles. The van der Waals surface area contributed by atoms with Crippen LogP contribution in [-0.4, -0.2) is 30.8 Å². The fraction of sp³-hybridized carbons (Fsp3) is 0.583. The summed E-state index contributed by atoms with van der Waals surface area (Å²) in [6, 6.07) is 0.444. The van der Waals surface area contributed by atoms with Crippen LogP contribution in [0.4, 0.5) is 0 Å². The van der Waals surface area contributed by atoms with Crippen molar-refractivity contribution < 1.29 is 0 Å². The number of rotatable bonds is 5. The van der Waals surface area contributed by atoms with Gasteiger partial charge in [0.1, 0.15) is 0 Å². The molecule has 1 N–H and O–H groups in total. The molecule has 0 aliphatic rings. The Hall–Kier alpha value is -1.21. The third-order valence-corrected chi connectivity index (χ3v) is 3.88. The van der Waals surface area contributed by atoms with Crippen molar-refractivity contribution in [1.82, 2.24) is 30.1 Å². The van der Waals surface area contributed by atoms with E-state index in [0.717, 1.165) is 28.1 Å². The number of hydrogen-bond acceptors (Lipinski definition) is 4. The predicted molar refractivity (Wildman–Crippen MR) is 76.7 cm³/mol. The Kier molecular flexibility index (Phi) is 4.36. The smallest absolute Gasteiger partial charge is 0.0965 e. The van der Waals surface area contributed by atoms with Crippen molar-refractivity contribution in [2.24, 2.45) is 7.05 Å². The van der Waals surface area contributed by atoms with Crippen molar-refractivity contribution in [1.29, 1.82) is 0 Å². The molecule has 19 heavy (non-hydrogen) atoms. The van der Waals surface area contributed by atoms with E-state index >= 15 is 0 Å². The summed E-state index contributed by atoms with van der Waals surface area (Å²) in [5, 5.41) is 16.0. The molecule has 7 heteroatoms. The van der Waals surface area contributed by atoms with E-state index in [0.29, 0.717) is 12.6 Å². The molecule has 0 aromatic carbocycles. The van der Waals surface area contributed by atoms with Gasteiger partial charge in [-0.25, -0.2) is 4.68 Å². The summed E-state index contributed by atoms with van der Waals surface area (Å²) < 4.78 is 4.73. The quantitative estimate of drug-likeness (QED) is 0.907. The number of nitrogens with one attached hydrogen (secondary N) is 1. The first kappa shape index (κ1) is 14.2. The lowest BCUT2D eigenvalue weighted by Crippen LogP contribution is -2.21.